The van der Waals surface area contributed by atoms with E-state index in [4.69, 9.17) is 4.74 Å². The molecule has 0 amide bonds. The van der Waals surface area contributed by atoms with Gasteiger partial charge in [0.15, 0.2) is 0 Å². The van der Waals surface area contributed by atoms with Crippen LogP contribution in [0, 0.1) is 16.0 Å². The minimum atomic E-state index is -0.495. The molecule has 0 bridgehead atoms. The maximum absolute atomic E-state index is 11.6. The Bertz CT molecular complexity index is 440. The Labute approximate surface area is 99.5 Å². The van der Waals surface area contributed by atoms with Crippen LogP contribution in [0.2, 0.25) is 0 Å². The molecular formula is C12H15NO4. The van der Waals surface area contributed by atoms with Crippen LogP contribution in [-0.4, -0.2) is 17.8 Å². The van der Waals surface area contributed by atoms with Crippen molar-refractivity contribution in [3.05, 3.63) is 33.9 Å². The summed E-state index contributed by atoms with van der Waals surface area (Å²) in [6, 6.07) is 4.52. The van der Waals surface area contributed by atoms with Gasteiger partial charge in [-0.1, -0.05) is 13.8 Å². The number of rotatable bonds is 5. The Kier molecular flexibility index (Phi) is 4.20. The molecule has 0 atom stereocenters. The topological polar surface area (TPSA) is 69.4 Å². The molecule has 5 nitrogen and oxygen atoms in total. The Morgan fingerprint density at radius 3 is 2.59 bits per heavy atom. The second kappa shape index (κ2) is 5.43. The minimum absolute atomic E-state index is 0.0155. The standard InChI is InChI=1S/C12H15NO4/c1-8(2)12(14)6-9-4-5-10(17-3)7-11(9)13(15)16/h4-5,7-8H,6H2,1-3H3. The summed E-state index contributed by atoms with van der Waals surface area (Å²) in [5.74, 6) is 0.271. The molecule has 0 saturated carbocycles. The van der Waals surface area contributed by atoms with Crippen molar-refractivity contribution < 1.29 is 14.5 Å². The van der Waals surface area contributed by atoms with Gasteiger partial charge < -0.3 is 4.74 Å². The Hall–Kier alpha value is -1.91. The third kappa shape index (κ3) is 3.27. The number of nitro groups is 1. The molecule has 0 spiro atoms. The van der Waals surface area contributed by atoms with Crippen LogP contribution >= 0.6 is 0 Å². The second-order valence-corrected chi connectivity index (χ2v) is 4.05. The summed E-state index contributed by atoms with van der Waals surface area (Å²) in [5.41, 5.74) is 0.354. The van der Waals surface area contributed by atoms with E-state index in [0.29, 0.717) is 11.3 Å². The minimum Gasteiger partial charge on any atom is -0.497 e. The Balaban J connectivity index is 3.06. The van der Waals surface area contributed by atoms with E-state index in [1.165, 1.54) is 13.2 Å². The van der Waals surface area contributed by atoms with Gasteiger partial charge in [-0.2, -0.15) is 0 Å². The first-order chi connectivity index (χ1) is 7.95. The van der Waals surface area contributed by atoms with Gasteiger partial charge in [-0.15, -0.1) is 0 Å². The quantitative estimate of drug-likeness (QED) is 0.582. The highest BCUT2D eigenvalue weighted by atomic mass is 16.6. The van der Waals surface area contributed by atoms with Crippen LogP contribution < -0.4 is 4.74 Å². The summed E-state index contributed by atoms with van der Waals surface area (Å²) in [5, 5.41) is 10.9. The van der Waals surface area contributed by atoms with E-state index in [-0.39, 0.29) is 23.8 Å². The number of ketones is 1. The van der Waals surface area contributed by atoms with Gasteiger partial charge >= 0.3 is 0 Å². The molecule has 92 valence electrons. The van der Waals surface area contributed by atoms with E-state index in [9.17, 15) is 14.9 Å². The highest BCUT2D eigenvalue weighted by molar-refractivity contribution is 5.83. The van der Waals surface area contributed by atoms with Crippen LogP contribution in [0.1, 0.15) is 19.4 Å². The van der Waals surface area contributed by atoms with E-state index in [2.05, 4.69) is 0 Å². The van der Waals surface area contributed by atoms with Gasteiger partial charge in [0.2, 0.25) is 0 Å². The summed E-state index contributed by atoms with van der Waals surface area (Å²) >= 11 is 0. The first-order valence-electron chi connectivity index (χ1n) is 5.29. The van der Waals surface area contributed by atoms with Gasteiger partial charge in [0, 0.05) is 17.9 Å². The molecule has 0 heterocycles. The first kappa shape index (κ1) is 13.2. The zero-order chi connectivity index (χ0) is 13.0. The van der Waals surface area contributed by atoms with Crippen molar-refractivity contribution >= 4 is 11.5 Å². The second-order valence-electron chi connectivity index (χ2n) is 4.05. The Morgan fingerprint density at radius 1 is 1.47 bits per heavy atom. The van der Waals surface area contributed by atoms with Crippen molar-refractivity contribution in [2.75, 3.05) is 7.11 Å². The molecule has 1 aromatic rings. The van der Waals surface area contributed by atoms with E-state index >= 15 is 0 Å². The lowest BCUT2D eigenvalue weighted by molar-refractivity contribution is -0.385. The molecule has 1 aromatic carbocycles. The average molecular weight is 237 g/mol. The summed E-state index contributed by atoms with van der Waals surface area (Å²) in [4.78, 5) is 22.0. The van der Waals surface area contributed by atoms with Crippen molar-refractivity contribution in [1.29, 1.82) is 0 Å². The van der Waals surface area contributed by atoms with Crippen molar-refractivity contribution in [3.8, 4) is 5.75 Å². The fraction of sp³-hybridized carbons (Fsp3) is 0.417. The lowest BCUT2D eigenvalue weighted by atomic mass is 10.00. The first-order valence-corrected chi connectivity index (χ1v) is 5.29. The van der Waals surface area contributed by atoms with E-state index in [1.54, 1.807) is 26.0 Å². The molecule has 0 aliphatic rings. The largest absolute Gasteiger partial charge is 0.497 e. The van der Waals surface area contributed by atoms with Crippen LogP contribution in [-0.2, 0) is 11.2 Å². The number of nitro benzene ring substituents is 1. The fourth-order valence-electron chi connectivity index (χ4n) is 1.38. The summed E-state index contributed by atoms with van der Waals surface area (Å²) in [7, 11) is 1.44. The average Bonchev–Trinajstić information content (AvgIpc) is 2.29. The van der Waals surface area contributed by atoms with Gasteiger partial charge in [-0.05, 0) is 12.1 Å². The normalized spacial score (nSPS) is 10.4. The predicted molar refractivity (Wildman–Crippen MR) is 63.2 cm³/mol. The van der Waals surface area contributed by atoms with Gasteiger partial charge in [-0.25, -0.2) is 0 Å². The molecular weight excluding hydrogens is 222 g/mol. The zero-order valence-corrected chi connectivity index (χ0v) is 10.1. The summed E-state index contributed by atoms with van der Waals surface area (Å²) < 4.78 is 4.92. The number of nitrogens with zero attached hydrogens (tertiary/aromatic N) is 1. The molecule has 0 saturated heterocycles. The number of Topliss-reactive ketones (excluding diaryl/α,β-unsaturated/α-hetero) is 1. The van der Waals surface area contributed by atoms with E-state index < -0.39 is 4.92 Å². The number of carbonyl (C=O) groups excluding carboxylic acids is 1. The molecule has 0 aromatic heterocycles. The molecule has 0 unspecified atom stereocenters. The molecule has 17 heavy (non-hydrogen) atoms. The number of ether oxygens (including phenoxy) is 1. The molecule has 0 N–H and O–H groups in total. The fourth-order valence-corrected chi connectivity index (χ4v) is 1.38. The predicted octanol–water partition coefficient (Wildman–Crippen LogP) is 2.37. The van der Waals surface area contributed by atoms with Crippen molar-refractivity contribution in [3.63, 3.8) is 0 Å². The zero-order valence-electron chi connectivity index (χ0n) is 10.1. The highest BCUT2D eigenvalue weighted by Gasteiger charge is 2.18. The number of hydrogen-bond acceptors (Lipinski definition) is 4. The number of benzene rings is 1. The third-order valence-corrected chi connectivity index (χ3v) is 2.50. The van der Waals surface area contributed by atoms with Crippen molar-refractivity contribution in [2.45, 2.75) is 20.3 Å². The van der Waals surface area contributed by atoms with Crippen LogP contribution in [0.25, 0.3) is 0 Å². The SMILES string of the molecule is COc1ccc(CC(=O)C(C)C)c([N+](=O)[O-])c1. The summed E-state index contributed by atoms with van der Waals surface area (Å²) in [6.07, 6.45) is 0.0813. The summed E-state index contributed by atoms with van der Waals surface area (Å²) in [6.45, 7) is 3.55. The molecule has 0 aliphatic heterocycles. The van der Waals surface area contributed by atoms with Gasteiger partial charge in [-0.3, -0.25) is 14.9 Å². The number of carbonyl (C=O) groups is 1. The van der Waals surface area contributed by atoms with Crippen molar-refractivity contribution in [2.24, 2.45) is 5.92 Å². The smallest absolute Gasteiger partial charge is 0.276 e. The molecule has 0 fully saturated rings. The third-order valence-electron chi connectivity index (χ3n) is 2.50. The van der Waals surface area contributed by atoms with Crippen LogP contribution in [0.5, 0.6) is 5.75 Å². The van der Waals surface area contributed by atoms with Gasteiger partial charge in [0.05, 0.1) is 18.1 Å². The number of hydrogen-bond donors (Lipinski definition) is 0. The van der Waals surface area contributed by atoms with E-state index in [0.717, 1.165) is 0 Å². The van der Waals surface area contributed by atoms with E-state index in [1.807, 2.05) is 0 Å². The van der Waals surface area contributed by atoms with Crippen LogP contribution in [0.4, 0.5) is 5.69 Å². The molecule has 0 aliphatic carbocycles. The molecule has 1 rings (SSSR count). The lowest BCUT2D eigenvalue weighted by Crippen LogP contribution is -2.11. The highest BCUT2D eigenvalue weighted by Crippen LogP contribution is 2.25. The van der Waals surface area contributed by atoms with Crippen LogP contribution in [0.3, 0.4) is 0 Å². The lowest BCUT2D eigenvalue weighted by Gasteiger charge is -2.06. The maximum atomic E-state index is 11.6. The maximum Gasteiger partial charge on any atom is 0.276 e. The van der Waals surface area contributed by atoms with Gasteiger partial charge in [0.25, 0.3) is 5.69 Å². The van der Waals surface area contributed by atoms with Crippen LogP contribution in [0.15, 0.2) is 18.2 Å². The molecule has 0 radical (unpaired) electrons. The number of methoxy groups -OCH3 is 1. The van der Waals surface area contributed by atoms with Crippen molar-refractivity contribution in [1.82, 2.24) is 0 Å². The molecule has 5 heteroatoms. The monoisotopic (exact) mass is 237 g/mol. The Morgan fingerprint density at radius 2 is 2.12 bits per heavy atom. The van der Waals surface area contributed by atoms with Gasteiger partial charge in [0.1, 0.15) is 11.5 Å².